The summed E-state index contributed by atoms with van der Waals surface area (Å²) in [6.45, 7) is 1.87. The topological polar surface area (TPSA) is 12.9 Å². The van der Waals surface area contributed by atoms with Crippen LogP contribution >= 0.6 is 0 Å². The van der Waals surface area contributed by atoms with Crippen LogP contribution in [0.2, 0.25) is 0 Å². The quantitative estimate of drug-likeness (QED) is 0.701. The highest BCUT2D eigenvalue weighted by atomic mass is 19.4. The van der Waals surface area contributed by atoms with Gasteiger partial charge in [0, 0.05) is 11.4 Å². The van der Waals surface area contributed by atoms with E-state index >= 15 is 0 Å². The zero-order valence-corrected chi connectivity index (χ0v) is 8.49. The van der Waals surface area contributed by atoms with E-state index in [1.165, 1.54) is 0 Å². The maximum Gasteiger partial charge on any atom is 0.394 e. The molecule has 0 fully saturated rings. The molecule has 1 aromatic rings. The van der Waals surface area contributed by atoms with Crippen molar-refractivity contribution >= 4 is 0 Å². The monoisotopic (exact) mass is 215 g/mol. The van der Waals surface area contributed by atoms with Crippen molar-refractivity contribution in [3.63, 3.8) is 0 Å². The minimum Gasteiger partial charge on any atom is -0.257 e. The molecule has 0 unspecified atom stereocenters. The van der Waals surface area contributed by atoms with Crippen LogP contribution < -0.4 is 0 Å². The third kappa shape index (κ3) is 2.30. The lowest BCUT2D eigenvalue weighted by Crippen LogP contribution is -2.13. The van der Waals surface area contributed by atoms with E-state index in [2.05, 4.69) is 4.98 Å². The predicted molar refractivity (Wildman–Crippen MR) is 50.8 cm³/mol. The van der Waals surface area contributed by atoms with Crippen molar-refractivity contribution in [2.45, 2.75) is 38.8 Å². The summed E-state index contributed by atoms with van der Waals surface area (Å²) in [6.07, 6.45) is -2.28. The maximum atomic E-state index is 12.2. The molecule has 15 heavy (non-hydrogen) atoms. The van der Waals surface area contributed by atoms with Crippen LogP contribution in [0.3, 0.4) is 0 Å². The average molecular weight is 215 g/mol. The van der Waals surface area contributed by atoms with Gasteiger partial charge in [0.25, 0.3) is 0 Å². The molecular weight excluding hydrogens is 203 g/mol. The zero-order chi connectivity index (χ0) is 11.1. The Labute approximate surface area is 86.3 Å². The van der Waals surface area contributed by atoms with E-state index < -0.39 is 12.6 Å². The largest absolute Gasteiger partial charge is 0.394 e. The molecule has 82 valence electrons. The molecule has 1 heterocycles. The normalized spacial score (nSPS) is 15.5. The Kier molecular flexibility index (Phi) is 2.44. The molecule has 1 nitrogen and oxygen atoms in total. The lowest BCUT2D eigenvalue weighted by Gasteiger charge is -2.09. The Morgan fingerprint density at radius 2 is 2.07 bits per heavy atom. The van der Waals surface area contributed by atoms with Gasteiger partial charge in [-0.05, 0) is 43.4 Å². The van der Waals surface area contributed by atoms with Crippen molar-refractivity contribution in [2.24, 2.45) is 0 Å². The molecule has 1 aromatic heterocycles. The number of alkyl halides is 3. The lowest BCUT2D eigenvalue weighted by atomic mass is 10.1. The SMILES string of the molecule is Cc1cc(CC(F)(F)F)nc2c1CCC2. The van der Waals surface area contributed by atoms with Crippen LogP contribution in [0.1, 0.15) is 28.9 Å². The Hall–Kier alpha value is -1.06. The van der Waals surface area contributed by atoms with Crippen LogP contribution in [0.25, 0.3) is 0 Å². The number of aromatic nitrogens is 1. The number of fused-ring (bicyclic) bond motifs is 1. The van der Waals surface area contributed by atoms with E-state index in [0.29, 0.717) is 0 Å². The first-order valence-corrected chi connectivity index (χ1v) is 5.01. The first kappa shape index (κ1) is 10.5. The average Bonchev–Trinajstić information content (AvgIpc) is 2.48. The molecule has 0 aromatic carbocycles. The number of pyridine rings is 1. The second-order valence-electron chi connectivity index (χ2n) is 4.00. The van der Waals surface area contributed by atoms with Gasteiger partial charge in [0.15, 0.2) is 0 Å². The predicted octanol–water partition coefficient (Wildman–Crippen LogP) is 2.98. The fourth-order valence-corrected chi connectivity index (χ4v) is 2.11. The van der Waals surface area contributed by atoms with Gasteiger partial charge >= 0.3 is 6.18 Å². The minimum atomic E-state index is -4.16. The van der Waals surface area contributed by atoms with Crippen molar-refractivity contribution in [1.29, 1.82) is 0 Å². The summed E-state index contributed by atoms with van der Waals surface area (Å²) in [6, 6.07) is 1.57. The van der Waals surface area contributed by atoms with Gasteiger partial charge in [-0.25, -0.2) is 0 Å². The van der Waals surface area contributed by atoms with Crippen LogP contribution in [0, 0.1) is 6.92 Å². The molecule has 1 aliphatic carbocycles. The summed E-state index contributed by atoms with van der Waals surface area (Å²) in [4.78, 5) is 4.08. The highest BCUT2D eigenvalue weighted by Gasteiger charge is 2.29. The van der Waals surface area contributed by atoms with Gasteiger partial charge in [-0.3, -0.25) is 4.98 Å². The molecule has 0 atom stereocenters. The van der Waals surface area contributed by atoms with Crippen LogP contribution in [-0.4, -0.2) is 11.2 Å². The Morgan fingerprint density at radius 1 is 1.33 bits per heavy atom. The molecule has 0 bridgehead atoms. The molecule has 2 rings (SSSR count). The fourth-order valence-electron chi connectivity index (χ4n) is 2.11. The smallest absolute Gasteiger partial charge is 0.257 e. The van der Waals surface area contributed by atoms with E-state index in [0.717, 1.165) is 36.1 Å². The first-order valence-electron chi connectivity index (χ1n) is 5.01. The maximum absolute atomic E-state index is 12.2. The highest BCUT2D eigenvalue weighted by molar-refractivity contribution is 5.35. The van der Waals surface area contributed by atoms with Gasteiger partial charge in [0.2, 0.25) is 0 Å². The van der Waals surface area contributed by atoms with E-state index in [1.807, 2.05) is 6.92 Å². The van der Waals surface area contributed by atoms with Crippen molar-refractivity contribution in [3.05, 3.63) is 28.6 Å². The summed E-state index contributed by atoms with van der Waals surface area (Å²) in [5, 5.41) is 0. The molecule has 0 aliphatic heterocycles. The second-order valence-corrected chi connectivity index (χ2v) is 4.00. The minimum absolute atomic E-state index is 0.153. The second kappa shape index (κ2) is 3.51. The van der Waals surface area contributed by atoms with Gasteiger partial charge in [-0.2, -0.15) is 13.2 Å². The van der Waals surface area contributed by atoms with E-state index in [1.54, 1.807) is 6.07 Å². The molecule has 0 radical (unpaired) electrons. The first-order chi connectivity index (χ1) is 6.96. The van der Waals surface area contributed by atoms with Crippen molar-refractivity contribution in [1.82, 2.24) is 4.98 Å². The molecule has 0 amide bonds. The van der Waals surface area contributed by atoms with Gasteiger partial charge in [-0.1, -0.05) is 0 Å². The third-order valence-electron chi connectivity index (χ3n) is 2.71. The molecule has 1 aliphatic rings. The molecule has 0 N–H and O–H groups in total. The van der Waals surface area contributed by atoms with Crippen LogP contribution in [0.15, 0.2) is 6.07 Å². The standard InChI is InChI=1S/C11H12F3N/c1-7-5-8(6-11(12,13)14)15-10-4-2-3-9(7)10/h5H,2-4,6H2,1H3. The summed E-state index contributed by atoms with van der Waals surface area (Å²) >= 11 is 0. The molecule has 0 saturated carbocycles. The van der Waals surface area contributed by atoms with Crippen LogP contribution in [0.5, 0.6) is 0 Å². The molecule has 0 spiro atoms. The van der Waals surface area contributed by atoms with Crippen LogP contribution in [-0.2, 0) is 19.3 Å². The number of nitrogens with zero attached hydrogens (tertiary/aromatic N) is 1. The summed E-state index contributed by atoms with van der Waals surface area (Å²) < 4.78 is 36.6. The lowest BCUT2D eigenvalue weighted by molar-refractivity contribution is -0.127. The molecule has 0 saturated heterocycles. The Balaban J connectivity index is 2.32. The molecular formula is C11H12F3N. The van der Waals surface area contributed by atoms with Gasteiger partial charge in [-0.15, -0.1) is 0 Å². The third-order valence-corrected chi connectivity index (χ3v) is 2.71. The van der Waals surface area contributed by atoms with Gasteiger partial charge in [0.05, 0.1) is 6.42 Å². The van der Waals surface area contributed by atoms with Crippen LogP contribution in [0.4, 0.5) is 13.2 Å². The highest BCUT2D eigenvalue weighted by Crippen LogP contribution is 2.27. The van der Waals surface area contributed by atoms with E-state index in [4.69, 9.17) is 0 Å². The van der Waals surface area contributed by atoms with Gasteiger partial charge < -0.3 is 0 Å². The fraction of sp³-hybridized carbons (Fsp3) is 0.545. The number of rotatable bonds is 1. The van der Waals surface area contributed by atoms with Crippen molar-refractivity contribution in [3.8, 4) is 0 Å². The van der Waals surface area contributed by atoms with Gasteiger partial charge in [0.1, 0.15) is 0 Å². The van der Waals surface area contributed by atoms with E-state index in [9.17, 15) is 13.2 Å². The Bertz CT molecular complexity index is 382. The van der Waals surface area contributed by atoms with Crippen molar-refractivity contribution in [2.75, 3.05) is 0 Å². The number of halogens is 3. The zero-order valence-electron chi connectivity index (χ0n) is 8.49. The summed E-state index contributed by atoms with van der Waals surface area (Å²) in [5.74, 6) is 0. The number of hydrogen-bond donors (Lipinski definition) is 0. The van der Waals surface area contributed by atoms with E-state index in [-0.39, 0.29) is 5.69 Å². The van der Waals surface area contributed by atoms with Crippen molar-refractivity contribution < 1.29 is 13.2 Å². The Morgan fingerprint density at radius 3 is 2.73 bits per heavy atom. The number of aryl methyl sites for hydroxylation is 2. The summed E-state index contributed by atoms with van der Waals surface area (Å²) in [5.41, 5.74) is 3.13. The summed E-state index contributed by atoms with van der Waals surface area (Å²) in [7, 11) is 0. The number of hydrogen-bond acceptors (Lipinski definition) is 1. The molecule has 4 heteroatoms.